The van der Waals surface area contributed by atoms with Crippen molar-refractivity contribution in [1.29, 1.82) is 0 Å². The SMILES string of the molecule is CCC=CC(=O)OC1CCC(C2CCC(CCCC)CC2)CC1. The third-order valence-electron chi connectivity index (χ3n) is 6.02. The first kappa shape index (κ1) is 18.5. The number of unbranched alkanes of at least 4 members (excludes halogenated alkanes) is 1. The Balaban J connectivity index is 1.65. The van der Waals surface area contributed by atoms with Gasteiger partial charge in [-0.05, 0) is 62.7 Å². The lowest BCUT2D eigenvalue weighted by atomic mass is 9.70. The van der Waals surface area contributed by atoms with E-state index >= 15 is 0 Å². The fourth-order valence-corrected chi connectivity index (χ4v) is 4.54. The first-order chi connectivity index (χ1) is 11.2. The van der Waals surface area contributed by atoms with Gasteiger partial charge in [0.1, 0.15) is 6.10 Å². The van der Waals surface area contributed by atoms with Crippen molar-refractivity contribution in [3.05, 3.63) is 12.2 Å². The number of esters is 1. The zero-order valence-corrected chi connectivity index (χ0v) is 15.3. The molecule has 0 aromatic rings. The minimum Gasteiger partial charge on any atom is -0.459 e. The summed E-state index contributed by atoms with van der Waals surface area (Å²) < 4.78 is 5.56. The van der Waals surface area contributed by atoms with Gasteiger partial charge in [0, 0.05) is 6.08 Å². The second-order valence-electron chi connectivity index (χ2n) is 7.71. The minimum atomic E-state index is -0.147. The Morgan fingerprint density at radius 2 is 1.57 bits per heavy atom. The summed E-state index contributed by atoms with van der Waals surface area (Å²) in [5, 5.41) is 0. The van der Waals surface area contributed by atoms with Crippen molar-refractivity contribution >= 4 is 5.97 Å². The van der Waals surface area contributed by atoms with Crippen molar-refractivity contribution < 1.29 is 9.53 Å². The molecule has 0 spiro atoms. The van der Waals surface area contributed by atoms with Crippen molar-refractivity contribution in [3.63, 3.8) is 0 Å². The number of hydrogen-bond donors (Lipinski definition) is 0. The number of ether oxygens (including phenoxy) is 1. The molecule has 0 atom stereocenters. The van der Waals surface area contributed by atoms with Gasteiger partial charge in [0.25, 0.3) is 0 Å². The van der Waals surface area contributed by atoms with E-state index in [1.807, 2.05) is 13.0 Å². The summed E-state index contributed by atoms with van der Waals surface area (Å²) in [5.74, 6) is 2.70. The van der Waals surface area contributed by atoms with Gasteiger partial charge in [-0.3, -0.25) is 0 Å². The van der Waals surface area contributed by atoms with Crippen LogP contribution in [0.4, 0.5) is 0 Å². The fourth-order valence-electron chi connectivity index (χ4n) is 4.54. The summed E-state index contributed by atoms with van der Waals surface area (Å²) in [4.78, 5) is 11.7. The molecule has 0 aromatic carbocycles. The summed E-state index contributed by atoms with van der Waals surface area (Å²) in [7, 11) is 0. The maximum absolute atomic E-state index is 11.7. The Morgan fingerprint density at radius 3 is 2.13 bits per heavy atom. The normalized spacial score (nSPS) is 32.1. The number of allylic oxidation sites excluding steroid dienone is 1. The Kier molecular flexibility index (Phi) is 8.19. The van der Waals surface area contributed by atoms with Gasteiger partial charge < -0.3 is 4.74 Å². The summed E-state index contributed by atoms with van der Waals surface area (Å²) >= 11 is 0. The quantitative estimate of drug-likeness (QED) is 0.421. The summed E-state index contributed by atoms with van der Waals surface area (Å²) in [6.07, 6.45) is 19.2. The van der Waals surface area contributed by atoms with E-state index in [0.717, 1.165) is 37.0 Å². The molecule has 0 aromatic heterocycles. The molecule has 2 rings (SSSR count). The van der Waals surface area contributed by atoms with Crippen LogP contribution in [-0.4, -0.2) is 12.1 Å². The maximum Gasteiger partial charge on any atom is 0.330 e. The van der Waals surface area contributed by atoms with Gasteiger partial charge in [0.05, 0.1) is 0 Å². The molecular formula is C21H36O2. The molecule has 0 saturated heterocycles. The highest BCUT2D eigenvalue weighted by atomic mass is 16.5. The molecule has 2 aliphatic carbocycles. The third-order valence-corrected chi connectivity index (χ3v) is 6.02. The molecule has 0 amide bonds. The molecule has 2 saturated carbocycles. The van der Waals surface area contributed by atoms with Crippen LogP contribution in [0.25, 0.3) is 0 Å². The largest absolute Gasteiger partial charge is 0.459 e. The number of rotatable bonds is 7. The van der Waals surface area contributed by atoms with Crippen molar-refractivity contribution in [3.8, 4) is 0 Å². The zero-order chi connectivity index (χ0) is 16.5. The predicted octanol–water partition coefficient (Wildman–Crippen LogP) is 6.05. The summed E-state index contributed by atoms with van der Waals surface area (Å²) in [6.45, 7) is 4.33. The molecule has 132 valence electrons. The van der Waals surface area contributed by atoms with E-state index in [-0.39, 0.29) is 12.1 Å². The van der Waals surface area contributed by atoms with Crippen LogP contribution in [0.3, 0.4) is 0 Å². The van der Waals surface area contributed by atoms with Gasteiger partial charge in [-0.2, -0.15) is 0 Å². The topological polar surface area (TPSA) is 26.3 Å². The van der Waals surface area contributed by atoms with E-state index in [0.29, 0.717) is 0 Å². The molecule has 0 N–H and O–H groups in total. The van der Waals surface area contributed by atoms with Gasteiger partial charge in [0.2, 0.25) is 0 Å². The van der Waals surface area contributed by atoms with Crippen molar-refractivity contribution in [1.82, 2.24) is 0 Å². The fraction of sp³-hybridized carbons (Fsp3) is 0.857. The molecule has 2 nitrogen and oxygen atoms in total. The lowest BCUT2D eigenvalue weighted by Crippen LogP contribution is -2.29. The van der Waals surface area contributed by atoms with Crippen LogP contribution in [0.15, 0.2) is 12.2 Å². The molecule has 2 aliphatic rings. The minimum absolute atomic E-state index is 0.147. The van der Waals surface area contributed by atoms with Crippen molar-refractivity contribution in [2.24, 2.45) is 17.8 Å². The molecule has 2 heteroatoms. The smallest absolute Gasteiger partial charge is 0.330 e. The van der Waals surface area contributed by atoms with E-state index in [4.69, 9.17) is 4.74 Å². The van der Waals surface area contributed by atoms with Crippen LogP contribution < -0.4 is 0 Å². The summed E-state index contributed by atoms with van der Waals surface area (Å²) in [6, 6.07) is 0. The van der Waals surface area contributed by atoms with Gasteiger partial charge in [-0.1, -0.05) is 52.0 Å². The van der Waals surface area contributed by atoms with E-state index < -0.39 is 0 Å². The van der Waals surface area contributed by atoms with Crippen LogP contribution in [0.2, 0.25) is 0 Å². The highest BCUT2D eigenvalue weighted by Gasteiger charge is 2.31. The molecule has 0 radical (unpaired) electrons. The van der Waals surface area contributed by atoms with Gasteiger partial charge >= 0.3 is 5.97 Å². The van der Waals surface area contributed by atoms with Crippen LogP contribution in [0.5, 0.6) is 0 Å². The van der Waals surface area contributed by atoms with Gasteiger partial charge in [-0.15, -0.1) is 0 Å². The molecule has 0 unspecified atom stereocenters. The van der Waals surface area contributed by atoms with Gasteiger partial charge in [0.15, 0.2) is 0 Å². The maximum atomic E-state index is 11.7. The molecule has 23 heavy (non-hydrogen) atoms. The monoisotopic (exact) mass is 320 g/mol. The highest BCUT2D eigenvalue weighted by Crippen LogP contribution is 2.41. The summed E-state index contributed by atoms with van der Waals surface area (Å²) in [5.41, 5.74) is 0. The number of carbonyl (C=O) groups excluding carboxylic acids is 1. The Morgan fingerprint density at radius 1 is 0.957 bits per heavy atom. The Labute approximate surface area is 143 Å². The molecule has 2 fully saturated rings. The Hall–Kier alpha value is -0.790. The molecule has 0 bridgehead atoms. The number of hydrogen-bond acceptors (Lipinski definition) is 2. The highest BCUT2D eigenvalue weighted by molar-refractivity contribution is 5.82. The molecular weight excluding hydrogens is 284 g/mol. The number of carbonyl (C=O) groups is 1. The lowest BCUT2D eigenvalue weighted by Gasteiger charge is -2.37. The van der Waals surface area contributed by atoms with E-state index in [1.165, 1.54) is 57.8 Å². The molecule has 0 aliphatic heterocycles. The van der Waals surface area contributed by atoms with Crippen molar-refractivity contribution in [2.45, 2.75) is 97.0 Å². The zero-order valence-electron chi connectivity index (χ0n) is 15.3. The molecule has 0 heterocycles. The first-order valence-electron chi connectivity index (χ1n) is 10.1. The predicted molar refractivity (Wildman–Crippen MR) is 96.2 cm³/mol. The average Bonchev–Trinajstić information content (AvgIpc) is 2.59. The van der Waals surface area contributed by atoms with Crippen molar-refractivity contribution in [2.75, 3.05) is 0 Å². The van der Waals surface area contributed by atoms with Crippen LogP contribution in [-0.2, 0) is 9.53 Å². The first-order valence-corrected chi connectivity index (χ1v) is 10.1. The van der Waals surface area contributed by atoms with E-state index in [2.05, 4.69) is 6.92 Å². The van der Waals surface area contributed by atoms with Crippen LogP contribution in [0, 0.1) is 17.8 Å². The van der Waals surface area contributed by atoms with Gasteiger partial charge in [-0.25, -0.2) is 4.79 Å². The van der Waals surface area contributed by atoms with E-state index in [9.17, 15) is 4.79 Å². The standard InChI is InChI=1S/C21H36O2/c1-3-5-7-17-9-11-18(12-10-17)19-13-15-20(16-14-19)23-21(22)8-6-4-2/h6,8,17-20H,3-5,7,9-16H2,1-2H3. The van der Waals surface area contributed by atoms with E-state index in [1.54, 1.807) is 6.08 Å². The third kappa shape index (κ3) is 6.31. The second-order valence-corrected chi connectivity index (χ2v) is 7.71. The van der Waals surface area contributed by atoms with Crippen LogP contribution in [0.1, 0.15) is 90.9 Å². The second kappa shape index (κ2) is 10.2. The average molecular weight is 321 g/mol. The Bertz CT molecular complexity index is 358. The lowest BCUT2D eigenvalue weighted by molar-refractivity contribution is -0.145. The van der Waals surface area contributed by atoms with Crippen LogP contribution >= 0.6 is 0 Å².